The minimum Gasteiger partial charge on any atom is -0.325 e. The van der Waals surface area contributed by atoms with E-state index in [4.69, 9.17) is 5.73 Å². The van der Waals surface area contributed by atoms with Crippen molar-refractivity contribution in [1.82, 2.24) is 15.0 Å². The zero-order valence-corrected chi connectivity index (χ0v) is 5.41. The van der Waals surface area contributed by atoms with Gasteiger partial charge in [0.15, 0.2) is 0 Å². The molecule has 1 rings (SSSR count). The zero-order valence-electron chi connectivity index (χ0n) is 5.41. The van der Waals surface area contributed by atoms with Crippen LogP contribution in [0, 0.1) is 0 Å². The molecule has 4 heteroatoms. The average molecular weight is 126 g/mol. The Morgan fingerprint density at radius 3 is 2.89 bits per heavy atom. The maximum absolute atomic E-state index is 5.30. The van der Waals surface area contributed by atoms with Gasteiger partial charge in [-0.2, -0.15) is 15.0 Å². The number of nitrogens with zero attached hydrogens (tertiary/aromatic N) is 3. The predicted octanol–water partition coefficient (Wildman–Crippen LogP) is -0.243. The molecule has 0 unspecified atom stereocenters. The van der Waals surface area contributed by atoms with Gasteiger partial charge >= 0.3 is 0 Å². The Balaban J connectivity index is 2.74. The van der Waals surface area contributed by atoms with Gasteiger partial charge in [-0.25, -0.2) is 0 Å². The summed E-state index contributed by atoms with van der Waals surface area (Å²) < 4.78 is 0. The van der Waals surface area contributed by atoms with Crippen molar-refractivity contribution in [3.63, 3.8) is 0 Å². The van der Waals surface area contributed by atoms with Gasteiger partial charge in [-0.15, -0.1) is 0 Å². The van der Waals surface area contributed by atoms with Crippen molar-refractivity contribution in [1.29, 1.82) is 0 Å². The molecule has 0 amide bonds. The fourth-order valence-electron chi connectivity index (χ4n) is 0.579. The summed E-state index contributed by atoms with van der Waals surface area (Å²) in [6.07, 6.45) is 1.68. The molecule has 0 bridgehead atoms. The highest BCUT2D eigenvalue weighted by atomic mass is 15.5. The van der Waals surface area contributed by atoms with Gasteiger partial charge < -0.3 is 5.73 Å². The molecule has 1 heterocycles. The normalized spacial score (nSPS) is 10.0. The Morgan fingerprint density at radius 2 is 2.56 bits per heavy atom. The molecule has 4 nitrogen and oxygen atoms in total. The average Bonchev–Trinajstić information content (AvgIpc) is 2.34. The Hall–Kier alpha value is -0.900. The van der Waals surface area contributed by atoms with Gasteiger partial charge in [0, 0.05) is 6.54 Å². The van der Waals surface area contributed by atoms with E-state index in [2.05, 4.69) is 10.2 Å². The highest BCUT2D eigenvalue weighted by Crippen LogP contribution is 1.87. The van der Waals surface area contributed by atoms with Gasteiger partial charge in [0.1, 0.15) is 0 Å². The molecule has 0 radical (unpaired) electrons. The molecule has 0 aliphatic heterocycles. The zero-order chi connectivity index (χ0) is 6.69. The Kier molecular flexibility index (Phi) is 1.79. The Labute approximate surface area is 53.7 Å². The summed E-state index contributed by atoms with van der Waals surface area (Å²) in [5.74, 6) is 0. The molecular formula is C5H10N4. The molecule has 9 heavy (non-hydrogen) atoms. The molecule has 0 aromatic carbocycles. The molecule has 0 saturated heterocycles. The van der Waals surface area contributed by atoms with Gasteiger partial charge in [0.2, 0.25) is 0 Å². The second-order valence-electron chi connectivity index (χ2n) is 1.73. The lowest BCUT2D eigenvalue weighted by atomic mass is 10.5. The summed E-state index contributed by atoms with van der Waals surface area (Å²) in [7, 11) is 0. The number of rotatable bonds is 2. The first kappa shape index (κ1) is 6.22. The van der Waals surface area contributed by atoms with Crippen LogP contribution in [0.1, 0.15) is 12.6 Å². The van der Waals surface area contributed by atoms with Crippen LogP contribution < -0.4 is 5.73 Å². The third-order valence-corrected chi connectivity index (χ3v) is 1.08. The number of aryl methyl sites for hydroxylation is 1. The van der Waals surface area contributed by atoms with Gasteiger partial charge in [-0.1, -0.05) is 0 Å². The largest absolute Gasteiger partial charge is 0.325 e. The maximum Gasteiger partial charge on any atom is 0.0962 e. The van der Waals surface area contributed by atoms with E-state index in [0.29, 0.717) is 6.54 Å². The fourth-order valence-corrected chi connectivity index (χ4v) is 0.579. The first-order valence-corrected chi connectivity index (χ1v) is 2.96. The summed E-state index contributed by atoms with van der Waals surface area (Å²) in [6, 6.07) is 0. The topological polar surface area (TPSA) is 56.7 Å². The van der Waals surface area contributed by atoms with E-state index in [1.54, 1.807) is 11.0 Å². The fraction of sp³-hybridized carbons (Fsp3) is 0.600. The van der Waals surface area contributed by atoms with E-state index >= 15 is 0 Å². The molecule has 0 aliphatic rings. The van der Waals surface area contributed by atoms with Gasteiger partial charge in [0.25, 0.3) is 0 Å². The van der Waals surface area contributed by atoms with E-state index in [9.17, 15) is 0 Å². The predicted molar refractivity (Wildman–Crippen MR) is 33.6 cm³/mol. The number of nitrogens with two attached hydrogens (primary N) is 1. The SMILES string of the molecule is CCn1ncc(CN)n1. The molecule has 1 aromatic heterocycles. The van der Waals surface area contributed by atoms with Crippen molar-refractivity contribution in [2.45, 2.75) is 20.0 Å². The second kappa shape index (κ2) is 2.59. The highest BCUT2D eigenvalue weighted by Gasteiger charge is 1.92. The maximum atomic E-state index is 5.30. The van der Waals surface area contributed by atoms with Crippen LogP contribution in [0.5, 0.6) is 0 Å². The van der Waals surface area contributed by atoms with Gasteiger partial charge in [0.05, 0.1) is 18.4 Å². The first-order chi connectivity index (χ1) is 4.36. The minimum absolute atomic E-state index is 0.472. The van der Waals surface area contributed by atoms with Crippen molar-refractivity contribution in [3.8, 4) is 0 Å². The van der Waals surface area contributed by atoms with E-state index < -0.39 is 0 Å². The summed E-state index contributed by atoms with van der Waals surface area (Å²) in [5.41, 5.74) is 6.15. The molecular weight excluding hydrogens is 116 g/mol. The summed E-state index contributed by atoms with van der Waals surface area (Å²) in [4.78, 5) is 1.61. The smallest absolute Gasteiger partial charge is 0.0962 e. The van der Waals surface area contributed by atoms with Crippen molar-refractivity contribution in [3.05, 3.63) is 11.9 Å². The van der Waals surface area contributed by atoms with E-state index in [0.717, 1.165) is 12.2 Å². The first-order valence-electron chi connectivity index (χ1n) is 2.96. The highest BCUT2D eigenvalue weighted by molar-refractivity contribution is 4.88. The summed E-state index contributed by atoms with van der Waals surface area (Å²) in [6.45, 7) is 3.26. The second-order valence-corrected chi connectivity index (χ2v) is 1.73. The van der Waals surface area contributed by atoms with Crippen molar-refractivity contribution < 1.29 is 0 Å². The van der Waals surface area contributed by atoms with E-state index in [1.165, 1.54) is 0 Å². The van der Waals surface area contributed by atoms with Crippen molar-refractivity contribution >= 4 is 0 Å². The van der Waals surface area contributed by atoms with Crippen LogP contribution in [0.15, 0.2) is 6.20 Å². The van der Waals surface area contributed by atoms with Crippen LogP contribution in [0.3, 0.4) is 0 Å². The van der Waals surface area contributed by atoms with Crippen LogP contribution in [-0.4, -0.2) is 15.0 Å². The summed E-state index contributed by atoms with van der Waals surface area (Å²) in [5, 5.41) is 7.96. The third-order valence-electron chi connectivity index (χ3n) is 1.08. The molecule has 50 valence electrons. The van der Waals surface area contributed by atoms with Gasteiger partial charge in [-0.05, 0) is 6.92 Å². The molecule has 0 spiro atoms. The van der Waals surface area contributed by atoms with Crippen molar-refractivity contribution in [2.75, 3.05) is 0 Å². The molecule has 0 aliphatic carbocycles. The van der Waals surface area contributed by atoms with Crippen LogP contribution in [0.4, 0.5) is 0 Å². The van der Waals surface area contributed by atoms with Crippen LogP contribution in [0.25, 0.3) is 0 Å². The van der Waals surface area contributed by atoms with Gasteiger partial charge in [-0.3, -0.25) is 0 Å². The number of hydrogen-bond donors (Lipinski definition) is 1. The quantitative estimate of drug-likeness (QED) is 0.594. The standard InChI is InChI=1S/C5H10N4/c1-2-9-7-4-5(3-6)8-9/h4H,2-3,6H2,1H3. The van der Waals surface area contributed by atoms with Crippen molar-refractivity contribution in [2.24, 2.45) is 5.73 Å². The monoisotopic (exact) mass is 126 g/mol. The Morgan fingerprint density at radius 1 is 1.78 bits per heavy atom. The minimum atomic E-state index is 0.472. The third kappa shape index (κ3) is 1.26. The number of hydrogen-bond acceptors (Lipinski definition) is 3. The molecule has 0 fully saturated rings. The van der Waals surface area contributed by atoms with Crippen LogP contribution in [-0.2, 0) is 13.1 Å². The lowest BCUT2D eigenvalue weighted by Gasteiger charge is -1.87. The summed E-state index contributed by atoms with van der Waals surface area (Å²) >= 11 is 0. The van der Waals surface area contributed by atoms with Crippen LogP contribution in [0.2, 0.25) is 0 Å². The number of aromatic nitrogens is 3. The lowest BCUT2D eigenvalue weighted by molar-refractivity contribution is 0.564. The Bertz CT molecular complexity index is 162. The van der Waals surface area contributed by atoms with E-state index in [-0.39, 0.29) is 0 Å². The molecule has 1 aromatic rings. The lowest BCUT2D eigenvalue weighted by Crippen LogP contribution is -2.01. The molecule has 0 atom stereocenters. The molecule has 2 N–H and O–H groups in total. The van der Waals surface area contributed by atoms with E-state index in [1.807, 2.05) is 6.92 Å². The molecule has 0 saturated carbocycles. The van der Waals surface area contributed by atoms with Crippen LogP contribution >= 0.6 is 0 Å².